The molecule has 0 saturated carbocycles. The number of aliphatic hydroxyl groups is 1. The summed E-state index contributed by atoms with van der Waals surface area (Å²) in [6.45, 7) is 1.73. The maximum absolute atomic E-state index is 10.7. The zero-order valence-corrected chi connectivity index (χ0v) is 8.92. The van der Waals surface area contributed by atoms with Crippen LogP contribution in [0.4, 0.5) is 5.69 Å². The van der Waals surface area contributed by atoms with Crippen molar-refractivity contribution < 1.29 is 15.0 Å². The van der Waals surface area contributed by atoms with Gasteiger partial charge in [-0.15, -0.1) is 0 Å². The van der Waals surface area contributed by atoms with Crippen LogP contribution in [0.3, 0.4) is 0 Å². The van der Waals surface area contributed by atoms with Crippen LogP contribution in [-0.2, 0) is 4.79 Å². The van der Waals surface area contributed by atoms with Gasteiger partial charge in [-0.05, 0) is 30.2 Å². The van der Waals surface area contributed by atoms with Crippen LogP contribution in [0, 0.1) is 6.92 Å². The molecule has 0 radical (unpaired) electrons. The number of carbonyl (C=O) groups is 1. The summed E-state index contributed by atoms with van der Waals surface area (Å²) in [5.74, 6) is -0.957. The zero-order chi connectivity index (χ0) is 11.7. The van der Waals surface area contributed by atoms with E-state index in [0.29, 0.717) is 0 Å². The van der Waals surface area contributed by atoms with Crippen LogP contribution in [0.15, 0.2) is 24.3 Å². The maximum Gasteiger partial charge on any atom is 0.323 e. The fourth-order valence-corrected chi connectivity index (χ4v) is 1.80. The number of carboxylic acids is 1. The predicted octanol–water partition coefficient (Wildman–Crippen LogP) is 1.23. The van der Waals surface area contributed by atoms with E-state index in [0.717, 1.165) is 16.8 Å². The predicted molar refractivity (Wildman–Crippen MR) is 61.2 cm³/mol. The van der Waals surface area contributed by atoms with Crippen molar-refractivity contribution in [3.8, 4) is 0 Å². The molecule has 0 spiro atoms. The van der Waals surface area contributed by atoms with Crippen molar-refractivity contribution in [3.63, 3.8) is 0 Å². The van der Waals surface area contributed by atoms with E-state index >= 15 is 0 Å². The van der Waals surface area contributed by atoms with E-state index in [1.54, 1.807) is 12.2 Å². The lowest BCUT2D eigenvalue weighted by Crippen LogP contribution is -2.39. The largest absolute Gasteiger partial charge is 0.480 e. The zero-order valence-electron chi connectivity index (χ0n) is 8.92. The van der Waals surface area contributed by atoms with Gasteiger partial charge in [-0.2, -0.15) is 0 Å². The second-order valence-electron chi connectivity index (χ2n) is 3.86. The molecule has 1 aliphatic rings. The van der Waals surface area contributed by atoms with Crippen molar-refractivity contribution in [2.75, 3.05) is 11.4 Å². The van der Waals surface area contributed by atoms with Crippen LogP contribution in [0.1, 0.15) is 11.1 Å². The van der Waals surface area contributed by atoms with Gasteiger partial charge in [0.15, 0.2) is 0 Å². The fraction of sp³-hybridized carbons (Fsp3) is 0.250. The number of benzene rings is 1. The van der Waals surface area contributed by atoms with Crippen molar-refractivity contribution in [1.29, 1.82) is 0 Å². The van der Waals surface area contributed by atoms with Crippen LogP contribution < -0.4 is 4.90 Å². The molecule has 4 nitrogen and oxygen atoms in total. The van der Waals surface area contributed by atoms with Gasteiger partial charge in [-0.25, -0.2) is 0 Å². The average Bonchev–Trinajstić information content (AvgIpc) is 2.22. The summed E-state index contributed by atoms with van der Waals surface area (Å²) in [7, 11) is 0. The van der Waals surface area contributed by atoms with Crippen LogP contribution in [0.5, 0.6) is 0 Å². The van der Waals surface area contributed by atoms with Gasteiger partial charge in [-0.1, -0.05) is 18.2 Å². The van der Waals surface area contributed by atoms with E-state index < -0.39 is 12.2 Å². The van der Waals surface area contributed by atoms with Gasteiger partial charge in [0.1, 0.15) is 12.8 Å². The van der Waals surface area contributed by atoms with Gasteiger partial charge in [0, 0.05) is 5.69 Å². The fourth-order valence-electron chi connectivity index (χ4n) is 1.80. The lowest BCUT2D eigenvalue weighted by Gasteiger charge is -2.31. The third-order valence-corrected chi connectivity index (χ3v) is 2.57. The molecule has 0 saturated heterocycles. The highest BCUT2D eigenvalue weighted by molar-refractivity contribution is 5.79. The summed E-state index contributed by atoms with van der Waals surface area (Å²) in [6, 6.07) is 5.76. The first-order valence-corrected chi connectivity index (χ1v) is 5.03. The number of nitrogens with zero attached hydrogens (tertiary/aromatic N) is 1. The third-order valence-electron chi connectivity index (χ3n) is 2.57. The van der Waals surface area contributed by atoms with E-state index in [1.807, 2.05) is 25.1 Å². The molecule has 0 bridgehead atoms. The highest BCUT2D eigenvalue weighted by Crippen LogP contribution is 2.28. The van der Waals surface area contributed by atoms with Crippen molar-refractivity contribution in [2.45, 2.75) is 13.2 Å². The van der Waals surface area contributed by atoms with E-state index in [-0.39, 0.29) is 6.54 Å². The van der Waals surface area contributed by atoms with Crippen molar-refractivity contribution in [2.24, 2.45) is 0 Å². The van der Waals surface area contributed by atoms with Crippen molar-refractivity contribution >= 4 is 17.7 Å². The minimum atomic E-state index is -0.957. The molecule has 16 heavy (non-hydrogen) atoms. The van der Waals surface area contributed by atoms with E-state index in [2.05, 4.69) is 0 Å². The Balaban J connectivity index is 2.43. The van der Waals surface area contributed by atoms with E-state index in [9.17, 15) is 9.90 Å². The van der Waals surface area contributed by atoms with Crippen molar-refractivity contribution in [1.82, 2.24) is 0 Å². The first kappa shape index (κ1) is 10.7. The standard InChI is InChI=1S/C12H13NO3/c1-8-2-3-9-4-5-11(14)13(7-12(15)16)10(9)6-8/h2-6,11,14H,7H2,1H3,(H,15,16). The Morgan fingerprint density at radius 3 is 2.94 bits per heavy atom. The van der Waals surface area contributed by atoms with Crippen LogP contribution >= 0.6 is 0 Å². The van der Waals surface area contributed by atoms with Crippen LogP contribution in [0.25, 0.3) is 6.08 Å². The minimum Gasteiger partial charge on any atom is -0.480 e. The van der Waals surface area contributed by atoms with Gasteiger partial charge in [0.25, 0.3) is 0 Å². The number of anilines is 1. The topological polar surface area (TPSA) is 60.8 Å². The highest BCUT2D eigenvalue weighted by atomic mass is 16.4. The first-order chi connectivity index (χ1) is 7.58. The second-order valence-corrected chi connectivity index (χ2v) is 3.86. The summed E-state index contributed by atoms with van der Waals surface area (Å²) in [6.07, 6.45) is 2.52. The Hall–Kier alpha value is -1.81. The lowest BCUT2D eigenvalue weighted by molar-refractivity contribution is -0.135. The molecule has 1 aromatic carbocycles. The Morgan fingerprint density at radius 1 is 1.50 bits per heavy atom. The smallest absolute Gasteiger partial charge is 0.323 e. The first-order valence-electron chi connectivity index (χ1n) is 5.03. The average molecular weight is 219 g/mol. The lowest BCUT2D eigenvalue weighted by atomic mass is 10.0. The number of carboxylic acid groups (broad SMARTS) is 1. The van der Waals surface area contributed by atoms with Gasteiger partial charge >= 0.3 is 5.97 Å². The second kappa shape index (κ2) is 3.98. The number of hydrogen-bond donors (Lipinski definition) is 2. The third kappa shape index (κ3) is 1.92. The Labute approximate surface area is 93.4 Å². The Morgan fingerprint density at radius 2 is 2.25 bits per heavy atom. The van der Waals surface area contributed by atoms with E-state index in [1.165, 1.54) is 4.90 Å². The van der Waals surface area contributed by atoms with Crippen LogP contribution in [0.2, 0.25) is 0 Å². The van der Waals surface area contributed by atoms with E-state index in [4.69, 9.17) is 5.11 Å². The highest BCUT2D eigenvalue weighted by Gasteiger charge is 2.22. The molecule has 84 valence electrons. The summed E-state index contributed by atoms with van der Waals surface area (Å²) < 4.78 is 0. The summed E-state index contributed by atoms with van der Waals surface area (Å²) >= 11 is 0. The quantitative estimate of drug-likeness (QED) is 0.785. The molecule has 1 aromatic rings. The summed E-state index contributed by atoms with van der Waals surface area (Å²) in [5.41, 5.74) is 2.73. The monoisotopic (exact) mass is 219 g/mol. The molecule has 0 fully saturated rings. The Kier molecular flexibility index (Phi) is 2.66. The molecule has 1 unspecified atom stereocenters. The number of aliphatic carboxylic acids is 1. The molecule has 1 heterocycles. The molecular formula is C12H13NO3. The molecule has 2 N–H and O–H groups in total. The van der Waals surface area contributed by atoms with Crippen molar-refractivity contribution in [3.05, 3.63) is 35.4 Å². The number of rotatable bonds is 2. The summed E-state index contributed by atoms with van der Waals surface area (Å²) in [4.78, 5) is 12.2. The molecular weight excluding hydrogens is 206 g/mol. The molecule has 0 amide bonds. The summed E-state index contributed by atoms with van der Waals surface area (Å²) in [5, 5.41) is 18.5. The molecule has 1 atom stereocenters. The van der Waals surface area contributed by atoms with Gasteiger partial charge in [0.2, 0.25) is 0 Å². The number of aliphatic hydroxyl groups excluding tert-OH is 1. The maximum atomic E-state index is 10.7. The SMILES string of the molecule is Cc1ccc2c(c1)N(CC(=O)O)C(O)C=C2. The van der Waals surface area contributed by atoms with Crippen LogP contribution in [-0.4, -0.2) is 29.0 Å². The number of hydrogen-bond acceptors (Lipinski definition) is 3. The minimum absolute atomic E-state index is 0.206. The van der Waals surface area contributed by atoms with Gasteiger partial charge in [0.05, 0.1) is 0 Å². The molecule has 0 aliphatic carbocycles. The number of fused-ring (bicyclic) bond motifs is 1. The number of aryl methyl sites for hydroxylation is 1. The van der Waals surface area contributed by atoms with Gasteiger partial charge in [-0.3, -0.25) is 4.79 Å². The molecule has 2 rings (SSSR count). The Bertz CT molecular complexity index is 454. The normalized spacial score (nSPS) is 18.4. The molecule has 1 aliphatic heterocycles. The van der Waals surface area contributed by atoms with Gasteiger partial charge < -0.3 is 15.1 Å². The molecule has 4 heteroatoms. The molecule has 0 aromatic heterocycles.